The van der Waals surface area contributed by atoms with Gasteiger partial charge in [-0.05, 0) is 54.2 Å². The first-order chi connectivity index (χ1) is 13.8. The van der Waals surface area contributed by atoms with Crippen LogP contribution in [0, 0.1) is 0 Å². The molecule has 28 heavy (non-hydrogen) atoms. The van der Waals surface area contributed by atoms with E-state index in [0.29, 0.717) is 25.2 Å². The lowest BCUT2D eigenvalue weighted by atomic mass is 9.92. The highest BCUT2D eigenvalue weighted by atomic mass is 32.1. The van der Waals surface area contributed by atoms with E-state index < -0.39 is 6.29 Å². The molecule has 2 aromatic rings. The monoisotopic (exact) mass is 401 g/mol. The highest BCUT2D eigenvalue weighted by Gasteiger charge is 2.32. The van der Waals surface area contributed by atoms with Crippen LogP contribution in [0.1, 0.15) is 43.6 Å². The zero-order chi connectivity index (χ0) is 19.3. The topological polar surface area (TPSA) is 59.0 Å². The maximum Gasteiger partial charge on any atom is 0.288 e. The number of thiophene rings is 1. The van der Waals surface area contributed by atoms with Gasteiger partial charge in [-0.2, -0.15) is 0 Å². The van der Waals surface area contributed by atoms with Gasteiger partial charge in [0.2, 0.25) is 6.29 Å². The molecule has 0 spiro atoms. The van der Waals surface area contributed by atoms with Gasteiger partial charge in [0, 0.05) is 36.7 Å². The minimum Gasteiger partial charge on any atom is -0.459 e. The fourth-order valence-electron chi connectivity index (χ4n) is 3.92. The van der Waals surface area contributed by atoms with Gasteiger partial charge >= 0.3 is 0 Å². The lowest BCUT2D eigenvalue weighted by molar-refractivity contribution is -0.152. The largest absolute Gasteiger partial charge is 0.459 e. The van der Waals surface area contributed by atoms with Crippen LogP contribution in [0.5, 0.6) is 0 Å². The van der Waals surface area contributed by atoms with Gasteiger partial charge in [-0.1, -0.05) is 18.2 Å². The van der Waals surface area contributed by atoms with E-state index in [1.807, 2.05) is 11.0 Å². The molecule has 150 valence electrons. The number of nitrogens with zero attached hydrogens (tertiary/aromatic N) is 1. The molecule has 1 N–H and O–H groups in total. The predicted molar refractivity (Wildman–Crippen MR) is 110 cm³/mol. The van der Waals surface area contributed by atoms with Gasteiger partial charge in [0.1, 0.15) is 0 Å². The van der Waals surface area contributed by atoms with Gasteiger partial charge in [-0.3, -0.25) is 4.79 Å². The number of aliphatic hydroxyl groups excluding tert-OH is 1. The number of fused-ring (bicyclic) bond motifs is 1. The normalized spacial score (nSPS) is 22.3. The summed E-state index contributed by atoms with van der Waals surface area (Å²) in [6.07, 6.45) is 5.84. The first-order valence-electron chi connectivity index (χ1n) is 10.1. The van der Waals surface area contributed by atoms with Crippen LogP contribution in [0.15, 0.2) is 41.5 Å². The van der Waals surface area contributed by atoms with Crippen LogP contribution < -0.4 is 0 Å². The number of unbranched alkanes of at least 4 members (excludes halogenated alkanes) is 1. The third-order valence-electron chi connectivity index (χ3n) is 5.43. The zero-order valence-corrected chi connectivity index (χ0v) is 16.8. The van der Waals surface area contributed by atoms with Crippen molar-refractivity contribution < 1.29 is 19.4 Å². The molecule has 0 aliphatic carbocycles. The summed E-state index contributed by atoms with van der Waals surface area (Å²) >= 11 is 1.73. The van der Waals surface area contributed by atoms with E-state index in [-0.39, 0.29) is 18.4 Å². The van der Waals surface area contributed by atoms with Gasteiger partial charge in [0.15, 0.2) is 5.76 Å². The Morgan fingerprint density at radius 3 is 2.89 bits per heavy atom. The summed E-state index contributed by atoms with van der Waals surface area (Å²) in [5.41, 5.74) is 1.24. The number of likely N-dealkylation sites (tertiary alicyclic amines) is 1. The highest BCUT2D eigenvalue weighted by molar-refractivity contribution is 7.17. The number of ether oxygens (including phenoxy) is 2. The van der Waals surface area contributed by atoms with Crippen molar-refractivity contribution >= 4 is 27.3 Å². The average molecular weight is 402 g/mol. The molecule has 1 amide bonds. The van der Waals surface area contributed by atoms with E-state index in [4.69, 9.17) is 14.6 Å². The minimum absolute atomic E-state index is 0.0225. The molecule has 0 saturated carbocycles. The number of aliphatic hydroxyl groups is 1. The van der Waals surface area contributed by atoms with Crippen molar-refractivity contribution in [3.05, 3.63) is 47.0 Å². The Balaban J connectivity index is 1.57. The Bertz CT molecular complexity index is 840. The number of rotatable bonds is 7. The third-order valence-corrected chi connectivity index (χ3v) is 6.41. The van der Waals surface area contributed by atoms with Gasteiger partial charge in [0.05, 0.1) is 6.61 Å². The number of carbonyl (C=O) groups excluding carboxylic acids is 1. The van der Waals surface area contributed by atoms with Gasteiger partial charge < -0.3 is 19.5 Å². The molecule has 2 aliphatic heterocycles. The maximum atomic E-state index is 12.9. The number of hydrogen-bond donors (Lipinski definition) is 1. The van der Waals surface area contributed by atoms with E-state index >= 15 is 0 Å². The smallest absolute Gasteiger partial charge is 0.288 e. The van der Waals surface area contributed by atoms with Crippen LogP contribution >= 0.6 is 11.3 Å². The predicted octanol–water partition coefficient (Wildman–Crippen LogP) is 4.03. The molecule has 0 radical (unpaired) electrons. The Morgan fingerprint density at radius 2 is 2.07 bits per heavy atom. The molecule has 0 unspecified atom stereocenters. The molecule has 5 nitrogen and oxygen atoms in total. The number of benzene rings is 1. The zero-order valence-electron chi connectivity index (χ0n) is 16.0. The second-order valence-corrected chi connectivity index (χ2v) is 8.32. The summed E-state index contributed by atoms with van der Waals surface area (Å²) in [4.78, 5) is 14.8. The van der Waals surface area contributed by atoms with E-state index in [2.05, 4.69) is 29.6 Å². The minimum atomic E-state index is -0.436. The van der Waals surface area contributed by atoms with Crippen molar-refractivity contribution in [2.75, 3.05) is 26.3 Å². The Hall–Kier alpha value is -1.89. The molecule has 1 fully saturated rings. The summed E-state index contributed by atoms with van der Waals surface area (Å²) in [7, 11) is 0. The SMILES string of the molecule is O=C(C1=C[C@H](c2csc3ccccc23)C[C@H](OCCCCO)O1)N1CCCC1. The van der Waals surface area contributed by atoms with Crippen LogP contribution in [-0.4, -0.2) is 48.5 Å². The summed E-state index contributed by atoms with van der Waals surface area (Å²) in [6, 6.07) is 8.38. The summed E-state index contributed by atoms with van der Waals surface area (Å²) in [5.74, 6) is 0.487. The first kappa shape index (κ1) is 19.4. The molecule has 4 rings (SSSR count). The van der Waals surface area contributed by atoms with Crippen molar-refractivity contribution in [2.45, 2.75) is 44.3 Å². The van der Waals surface area contributed by atoms with Crippen LogP contribution in [0.4, 0.5) is 0 Å². The number of hydrogen-bond acceptors (Lipinski definition) is 5. The van der Waals surface area contributed by atoms with E-state index in [1.165, 1.54) is 15.6 Å². The molecule has 2 atom stereocenters. The quantitative estimate of drug-likeness (QED) is 0.712. The number of allylic oxidation sites excluding steroid dienone is 1. The van der Waals surface area contributed by atoms with Crippen molar-refractivity contribution in [3.63, 3.8) is 0 Å². The second-order valence-electron chi connectivity index (χ2n) is 7.41. The number of carbonyl (C=O) groups is 1. The molecule has 1 aromatic carbocycles. The van der Waals surface area contributed by atoms with E-state index in [1.54, 1.807) is 11.3 Å². The van der Waals surface area contributed by atoms with Crippen LogP contribution in [-0.2, 0) is 14.3 Å². The van der Waals surface area contributed by atoms with Gasteiger partial charge in [-0.25, -0.2) is 0 Å². The van der Waals surface area contributed by atoms with Crippen molar-refractivity contribution in [3.8, 4) is 0 Å². The number of amides is 1. The van der Waals surface area contributed by atoms with E-state index in [9.17, 15) is 4.79 Å². The standard InChI is InChI=1S/C22H27NO4S/c24-11-5-6-12-26-21-14-16(18-15-28-20-8-2-1-7-17(18)20)13-19(27-21)22(25)23-9-3-4-10-23/h1-2,7-8,13,15-16,21,24H,3-6,9-12,14H2/t16-,21+/m0/s1. The molecular weight excluding hydrogens is 374 g/mol. The highest BCUT2D eigenvalue weighted by Crippen LogP contribution is 2.38. The molecule has 6 heteroatoms. The fraction of sp³-hybridized carbons (Fsp3) is 0.500. The Labute approximate surface area is 169 Å². The van der Waals surface area contributed by atoms with Crippen LogP contribution in [0.25, 0.3) is 10.1 Å². The van der Waals surface area contributed by atoms with E-state index in [0.717, 1.165) is 32.4 Å². The molecule has 1 aromatic heterocycles. The maximum absolute atomic E-state index is 12.9. The van der Waals surface area contributed by atoms with Crippen molar-refractivity contribution in [2.24, 2.45) is 0 Å². The van der Waals surface area contributed by atoms with Gasteiger partial charge in [-0.15, -0.1) is 11.3 Å². The summed E-state index contributed by atoms with van der Waals surface area (Å²) in [5, 5.41) is 12.4. The molecule has 3 heterocycles. The summed E-state index contributed by atoms with van der Waals surface area (Å²) < 4.78 is 13.2. The van der Waals surface area contributed by atoms with Crippen LogP contribution in [0.3, 0.4) is 0 Å². The lowest BCUT2D eigenvalue weighted by Crippen LogP contribution is -2.34. The first-order valence-corrected chi connectivity index (χ1v) is 11.0. The lowest BCUT2D eigenvalue weighted by Gasteiger charge is -2.30. The van der Waals surface area contributed by atoms with Gasteiger partial charge in [0.25, 0.3) is 5.91 Å². The molecule has 1 saturated heterocycles. The van der Waals surface area contributed by atoms with Crippen molar-refractivity contribution in [1.29, 1.82) is 0 Å². The molecule has 0 bridgehead atoms. The second kappa shape index (κ2) is 9.07. The molecule has 2 aliphatic rings. The fourth-order valence-corrected chi connectivity index (χ4v) is 4.94. The summed E-state index contributed by atoms with van der Waals surface area (Å²) in [6.45, 7) is 2.28. The third kappa shape index (κ3) is 4.24. The Morgan fingerprint density at radius 1 is 1.25 bits per heavy atom. The Kier molecular flexibility index (Phi) is 6.29. The average Bonchev–Trinajstić information content (AvgIpc) is 3.40. The van der Waals surface area contributed by atoms with Crippen molar-refractivity contribution in [1.82, 2.24) is 4.90 Å². The van der Waals surface area contributed by atoms with Crippen LogP contribution in [0.2, 0.25) is 0 Å². The molecular formula is C22H27NO4S.